The van der Waals surface area contributed by atoms with Crippen molar-refractivity contribution in [3.05, 3.63) is 69.2 Å². The number of nitrogens with zero attached hydrogens (tertiary/aromatic N) is 3. The molecule has 1 fully saturated rings. The molecule has 2 heterocycles. The molecule has 4 rings (SSSR count). The molecule has 10 heteroatoms. The Bertz CT molecular complexity index is 1280. The SMILES string of the molecule is O=C(CCCCn1c(=S)[nH]c2ccccc2c1=O)N1CCN(c2ccc(C(F)(F)F)cc2)CC1. The van der Waals surface area contributed by atoms with Crippen molar-refractivity contribution in [1.82, 2.24) is 14.5 Å². The van der Waals surface area contributed by atoms with Gasteiger partial charge in [0.05, 0.1) is 16.5 Å². The molecule has 0 aliphatic carbocycles. The van der Waals surface area contributed by atoms with Crippen LogP contribution in [0.25, 0.3) is 10.9 Å². The number of benzene rings is 2. The van der Waals surface area contributed by atoms with E-state index in [1.54, 1.807) is 17.0 Å². The van der Waals surface area contributed by atoms with E-state index >= 15 is 0 Å². The smallest absolute Gasteiger partial charge is 0.368 e. The van der Waals surface area contributed by atoms with Gasteiger partial charge in [0.2, 0.25) is 5.91 Å². The summed E-state index contributed by atoms with van der Waals surface area (Å²) in [4.78, 5) is 32.1. The van der Waals surface area contributed by atoms with E-state index in [9.17, 15) is 22.8 Å². The van der Waals surface area contributed by atoms with Gasteiger partial charge in [-0.3, -0.25) is 14.2 Å². The van der Waals surface area contributed by atoms with Crippen molar-refractivity contribution in [1.29, 1.82) is 0 Å². The maximum atomic E-state index is 12.7. The number of unbranched alkanes of at least 4 members (excludes halogenated alkanes) is 1. The Morgan fingerprint density at radius 2 is 1.65 bits per heavy atom. The third-order valence-corrected chi connectivity index (χ3v) is 6.43. The van der Waals surface area contributed by atoms with Crippen LogP contribution in [0.1, 0.15) is 24.8 Å². The quantitative estimate of drug-likeness (QED) is 0.405. The zero-order valence-electron chi connectivity index (χ0n) is 18.5. The number of halogens is 3. The summed E-state index contributed by atoms with van der Waals surface area (Å²) in [5.74, 6) is 0.0445. The zero-order chi connectivity index (χ0) is 24.3. The van der Waals surface area contributed by atoms with Crippen LogP contribution < -0.4 is 10.5 Å². The van der Waals surface area contributed by atoms with Crippen LogP contribution in [0.4, 0.5) is 18.9 Å². The van der Waals surface area contributed by atoms with E-state index in [0.29, 0.717) is 67.7 Å². The second-order valence-electron chi connectivity index (χ2n) is 8.30. The number of H-pyrrole nitrogens is 1. The number of hydrogen-bond donors (Lipinski definition) is 1. The average Bonchev–Trinajstić information content (AvgIpc) is 2.83. The molecule has 0 atom stereocenters. The lowest BCUT2D eigenvalue weighted by Crippen LogP contribution is -2.48. The molecular weight excluding hydrogens is 465 g/mol. The topological polar surface area (TPSA) is 61.3 Å². The number of para-hydroxylation sites is 1. The summed E-state index contributed by atoms with van der Waals surface area (Å²) in [5, 5.41) is 0.582. The standard InChI is InChI=1S/C24H25F3N4O2S/c25-24(26,27)17-8-10-18(11-9-17)29-13-15-30(16-14-29)21(32)7-3-4-12-31-22(33)19-5-1-2-6-20(19)28-23(31)34/h1-2,5-6,8-11H,3-4,7,12-16H2,(H,28,34). The van der Waals surface area contributed by atoms with Crippen molar-refractivity contribution in [2.24, 2.45) is 0 Å². The number of piperazine rings is 1. The Balaban J connectivity index is 1.25. The van der Waals surface area contributed by atoms with Gasteiger partial charge in [-0.2, -0.15) is 13.2 Å². The monoisotopic (exact) mass is 490 g/mol. The van der Waals surface area contributed by atoms with Crippen LogP contribution in [0.3, 0.4) is 0 Å². The van der Waals surface area contributed by atoms with Crippen LogP contribution >= 0.6 is 12.2 Å². The molecule has 1 aliphatic heterocycles. The van der Waals surface area contributed by atoms with Crippen LogP contribution in [-0.2, 0) is 17.5 Å². The van der Waals surface area contributed by atoms with Gasteiger partial charge >= 0.3 is 6.18 Å². The van der Waals surface area contributed by atoms with Gasteiger partial charge in [-0.1, -0.05) is 12.1 Å². The fourth-order valence-electron chi connectivity index (χ4n) is 4.18. The number of rotatable bonds is 6. The maximum absolute atomic E-state index is 12.7. The minimum atomic E-state index is -4.35. The molecular formula is C24H25F3N4O2S. The lowest BCUT2D eigenvalue weighted by molar-refractivity contribution is -0.137. The van der Waals surface area contributed by atoms with E-state index in [-0.39, 0.29) is 11.5 Å². The van der Waals surface area contributed by atoms with Crippen molar-refractivity contribution < 1.29 is 18.0 Å². The van der Waals surface area contributed by atoms with Gasteiger partial charge in [-0.15, -0.1) is 0 Å². The highest BCUT2D eigenvalue weighted by Gasteiger charge is 2.30. The number of aromatic nitrogens is 2. The molecule has 0 saturated carbocycles. The molecule has 1 N–H and O–H groups in total. The fourth-order valence-corrected chi connectivity index (χ4v) is 4.47. The molecule has 6 nitrogen and oxygen atoms in total. The summed E-state index contributed by atoms with van der Waals surface area (Å²) in [6, 6.07) is 12.3. The average molecular weight is 491 g/mol. The molecule has 2 aromatic carbocycles. The molecule has 34 heavy (non-hydrogen) atoms. The first-order valence-corrected chi connectivity index (χ1v) is 11.6. The highest BCUT2D eigenvalue weighted by molar-refractivity contribution is 7.71. The number of aromatic amines is 1. The number of carbonyl (C=O) groups is 1. The van der Waals surface area contributed by atoms with Gasteiger partial charge in [0.15, 0.2) is 4.77 Å². The number of hydrogen-bond acceptors (Lipinski definition) is 4. The highest BCUT2D eigenvalue weighted by Crippen LogP contribution is 2.30. The molecule has 180 valence electrons. The lowest BCUT2D eigenvalue weighted by atomic mass is 10.1. The van der Waals surface area contributed by atoms with Gasteiger partial charge in [0.25, 0.3) is 5.56 Å². The molecule has 0 radical (unpaired) electrons. The van der Waals surface area contributed by atoms with Crippen molar-refractivity contribution >= 4 is 34.7 Å². The van der Waals surface area contributed by atoms with E-state index in [2.05, 4.69) is 4.98 Å². The van der Waals surface area contributed by atoms with Gasteiger partial charge in [0.1, 0.15) is 0 Å². The number of nitrogens with one attached hydrogen (secondary N) is 1. The summed E-state index contributed by atoms with van der Waals surface area (Å²) >= 11 is 5.32. The Morgan fingerprint density at radius 1 is 0.971 bits per heavy atom. The predicted molar refractivity (Wildman–Crippen MR) is 127 cm³/mol. The van der Waals surface area contributed by atoms with Gasteiger partial charge < -0.3 is 14.8 Å². The fraction of sp³-hybridized carbons (Fsp3) is 0.375. The third-order valence-electron chi connectivity index (χ3n) is 6.10. The maximum Gasteiger partial charge on any atom is 0.416 e. The molecule has 3 aromatic rings. The lowest BCUT2D eigenvalue weighted by Gasteiger charge is -2.36. The molecule has 1 aromatic heterocycles. The van der Waals surface area contributed by atoms with Crippen molar-refractivity contribution in [3.8, 4) is 0 Å². The molecule has 0 bridgehead atoms. The Hall–Kier alpha value is -3.14. The number of alkyl halides is 3. The minimum Gasteiger partial charge on any atom is -0.368 e. The van der Waals surface area contributed by atoms with Crippen molar-refractivity contribution in [2.75, 3.05) is 31.1 Å². The molecule has 1 saturated heterocycles. The van der Waals surface area contributed by atoms with Crippen LogP contribution in [-0.4, -0.2) is 46.5 Å². The predicted octanol–water partition coefficient (Wildman–Crippen LogP) is 4.60. The zero-order valence-corrected chi connectivity index (χ0v) is 19.3. The summed E-state index contributed by atoms with van der Waals surface area (Å²) in [6.45, 7) is 2.62. The minimum absolute atomic E-state index is 0.0445. The Kier molecular flexibility index (Phi) is 7.06. The second-order valence-corrected chi connectivity index (χ2v) is 8.69. The number of anilines is 1. The summed E-state index contributed by atoms with van der Waals surface area (Å²) < 4.78 is 40.1. The Morgan fingerprint density at radius 3 is 2.32 bits per heavy atom. The second kappa shape index (κ2) is 10.0. The number of amides is 1. The van der Waals surface area contributed by atoms with E-state index in [1.807, 2.05) is 17.0 Å². The first-order chi connectivity index (χ1) is 16.2. The summed E-state index contributed by atoms with van der Waals surface area (Å²) in [5.41, 5.74) is 0.624. The van der Waals surface area contributed by atoms with E-state index < -0.39 is 11.7 Å². The van der Waals surface area contributed by atoms with Crippen molar-refractivity contribution in [2.45, 2.75) is 32.0 Å². The van der Waals surface area contributed by atoms with Gasteiger partial charge in [-0.25, -0.2) is 0 Å². The molecule has 1 amide bonds. The summed E-state index contributed by atoms with van der Waals surface area (Å²) in [6.07, 6.45) is -2.70. The third kappa shape index (κ3) is 5.32. The number of carbonyl (C=O) groups excluding carboxylic acids is 1. The van der Waals surface area contributed by atoms with E-state index in [4.69, 9.17) is 12.2 Å². The van der Waals surface area contributed by atoms with E-state index in [0.717, 1.165) is 17.8 Å². The molecule has 1 aliphatic rings. The van der Waals surface area contributed by atoms with Crippen LogP contribution in [0.2, 0.25) is 0 Å². The van der Waals surface area contributed by atoms with Crippen molar-refractivity contribution in [3.63, 3.8) is 0 Å². The van der Waals surface area contributed by atoms with Crippen LogP contribution in [0.5, 0.6) is 0 Å². The van der Waals surface area contributed by atoms with Crippen LogP contribution in [0, 0.1) is 4.77 Å². The molecule has 0 unspecified atom stereocenters. The largest absolute Gasteiger partial charge is 0.416 e. The Labute approximate surface area is 199 Å². The van der Waals surface area contributed by atoms with Gasteiger partial charge in [-0.05, 0) is 61.5 Å². The van der Waals surface area contributed by atoms with Gasteiger partial charge in [0, 0.05) is 44.8 Å². The first kappa shape index (κ1) is 24.0. The first-order valence-electron chi connectivity index (χ1n) is 11.2. The molecule has 0 spiro atoms. The number of fused-ring (bicyclic) bond motifs is 1. The van der Waals surface area contributed by atoms with E-state index in [1.165, 1.54) is 16.7 Å². The van der Waals surface area contributed by atoms with Crippen LogP contribution in [0.15, 0.2) is 53.3 Å². The normalized spacial score (nSPS) is 14.6. The summed E-state index contributed by atoms with van der Waals surface area (Å²) in [7, 11) is 0. The highest BCUT2D eigenvalue weighted by atomic mass is 32.1.